The van der Waals surface area contributed by atoms with Crippen molar-refractivity contribution in [3.8, 4) is 0 Å². The Morgan fingerprint density at radius 1 is 1.26 bits per heavy atom. The number of fused-ring (bicyclic) bond motifs is 1. The topological polar surface area (TPSA) is 52.8 Å². The average Bonchev–Trinajstić information content (AvgIpc) is 2.66. The van der Waals surface area contributed by atoms with E-state index in [2.05, 4.69) is 34.7 Å². The van der Waals surface area contributed by atoms with Gasteiger partial charge in [-0.05, 0) is 17.6 Å². The molecule has 2 aromatic heterocycles. The molecule has 0 saturated carbocycles. The number of halogens is 2. The van der Waals surface area contributed by atoms with Gasteiger partial charge >= 0.3 is 0 Å². The second-order valence-electron chi connectivity index (χ2n) is 5.51. The van der Waals surface area contributed by atoms with Crippen LogP contribution < -0.4 is 0 Å². The second kappa shape index (κ2) is 5.74. The summed E-state index contributed by atoms with van der Waals surface area (Å²) in [5, 5.41) is 5.29. The van der Waals surface area contributed by atoms with Gasteiger partial charge in [-0.25, -0.2) is 9.67 Å². The molecular weight excluding hydrogens is 303 g/mol. The van der Waals surface area contributed by atoms with Crippen molar-refractivity contribution >= 4 is 42.3 Å². The SMILES string of the molecule is C[Si](C)(C)CCOCn1ncc2c(Cl)nc(Cl)nc21. The van der Waals surface area contributed by atoms with Crippen LogP contribution in [0.2, 0.25) is 36.1 Å². The van der Waals surface area contributed by atoms with Crippen molar-refractivity contribution in [3.05, 3.63) is 16.6 Å². The normalized spacial score (nSPS) is 12.3. The molecule has 0 amide bonds. The lowest BCUT2D eigenvalue weighted by atomic mass is 10.4. The van der Waals surface area contributed by atoms with Gasteiger partial charge in [0.25, 0.3) is 0 Å². The van der Waals surface area contributed by atoms with Crippen LogP contribution in [0.15, 0.2) is 6.20 Å². The van der Waals surface area contributed by atoms with Gasteiger partial charge < -0.3 is 4.74 Å². The number of ether oxygens (including phenoxy) is 1. The van der Waals surface area contributed by atoms with Crippen molar-refractivity contribution in [3.63, 3.8) is 0 Å². The standard InChI is InChI=1S/C11H16Cl2N4OSi/c1-19(2,3)5-4-18-7-17-10-8(6-14-17)9(12)15-11(13)16-10/h6H,4-5,7H2,1-3H3. The van der Waals surface area contributed by atoms with Crippen LogP contribution >= 0.6 is 23.2 Å². The molecule has 0 bridgehead atoms. The highest BCUT2D eigenvalue weighted by Crippen LogP contribution is 2.21. The van der Waals surface area contributed by atoms with E-state index in [1.54, 1.807) is 10.9 Å². The highest BCUT2D eigenvalue weighted by molar-refractivity contribution is 6.76. The summed E-state index contributed by atoms with van der Waals surface area (Å²) < 4.78 is 7.27. The summed E-state index contributed by atoms with van der Waals surface area (Å²) in [7, 11) is -1.07. The molecule has 5 nitrogen and oxygen atoms in total. The first-order valence-corrected chi connectivity index (χ1v) is 10.5. The van der Waals surface area contributed by atoms with Crippen molar-refractivity contribution in [2.24, 2.45) is 0 Å². The van der Waals surface area contributed by atoms with Gasteiger partial charge in [-0.2, -0.15) is 10.1 Å². The van der Waals surface area contributed by atoms with Crippen molar-refractivity contribution in [1.29, 1.82) is 0 Å². The number of rotatable bonds is 5. The van der Waals surface area contributed by atoms with E-state index in [9.17, 15) is 0 Å². The van der Waals surface area contributed by atoms with Crippen molar-refractivity contribution < 1.29 is 4.74 Å². The first-order valence-electron chi connectivity index (χ1n) is 5.99. The molecule has 0 unspecified atom stereocenters. The molecule has 2 rings (SSSR count). The molecule has 8 heteroatoms. The molecule has 104 valence electrons. The zero-order valence-electron chi connectivity index (χ0n) is 11.2. The van der Waals surface area contributed by atoms with Gasteiger partial charge in [-0.1, -0.05) is 31.2 Å². The maximum absolute atomic E-state index is 5.97. The van der Waals surface area contributed by atoms with Gasteiger partial charge in [0.15, 0.2) is 5.65 Å². The van der Waals surface area contributed by atoms with E-state index < -0.39 is 8.07 Å². The molecule has 0 saturated heterocycles. The van der Waals surface area contributed by atoms with Crippen molar-refractivity contribution in [2.75, 3.05) is 6.61 Å². The quantitative estimate of drug-likeness (QED) is 0.367. The van der Waals surface area contributed by atoms with Crippen LogP contribution in [0.5, 0.6) is 0 Å². The molecule has 0 spiro atoms. The van der Waals surface area contributed by atoms with Crippen molar-refractivity contribution in [2.45, 2.75) is 32.4 Å². The molecule has 2 aromatic rings. The van der Waals surface area contributed by atoms with Crippen LogP contribution in [-0.4, -0.2) is 34.4 Å². The third kappa shape index (κ3) is 3.89. The van der Waals surface area contributed by atoms with E-state index in [0.29, 0.717) is 22.9 Å². The van der Waals surface area contributed by atoms with E-state index >= 15 is 0 Å². The molecule has 2 heterocycles. The van der Waals surface area contributed by atoms with Crippen LogP contribution in [0.4, 0.5) is 0 Å². The predicted octanol–water partition coefficient (Wildman–Crippen LogP) is 3.45. The van der Waals surface area contributed by atoms with Crippen LogP contribution in [0, 0.1) is 0 Å². The van der Waals surface area contributed by atoms with E-state index in [-0.39, 0.29) is 5.28 Å². The summed E-state index contributed by atoms with van der Waals surface area (Å²) >= 11 is 11.8. The summed E-state index contributed by atoms with van der Waals surface area (Å²) in [6.45, 7) is 8.01. The van der Waals surface area contributed by atoms with Gasteiger partial charge in [0.1, 0.15) is 11.9 Å². The molecule has 0 radical (unpaired) electrons. The van der Waals surface area contributed by atoms with Gasteiger partial charge in [0.05, 0.1) is 11.6 Å². The zero-order chi connectivity index (χ0) is 14.0. The van der Waals surface area contributed by atoms with Gasteiger partial charge in [-0.15, -0.1) is 0 Å². The summed E-state index contributed by atoms with van der Waals surface area (Å²) in [6, 6.07) is 1.11. The molecule has 0 aliphatic carbocycles. The lowest BCUT2D eigenvalue weighted by Gasteiger charge is -2.15. The van der Waals surface area contributed by atoms with Crippen molar-refractivity contribution in [1.82, 2.24) is 19.7 Å². The molecule has 0 fully saturated rings. The van der Waals surface area contributed by atoms with Crippen LogP contribution in [0.3, 0.4) is 0 Å². The Hall–Kier alpha value is -0.693. The smallest absolute Gasteiger partial charge is 0.225 e. The lowest BCUT2D eigenvalue weighted by Crippen LogP contribution is -2.22. The summed E-state index contributed by atoms with van der Waals surface area (Å²) in [4.78, 5) is 8.00. The van der Waals surface area contributed by atoms with E-state index in [4.69, 9.17) is 27.9 Å². The first-order chi connectivity index (χ1) is 8.87. The fourth-order valence-electron chi connectivity index (χ4n) is 1.52. The number of hydrogen-bond acceptors (Lipinski definition) is 4. The summed E-state index contributed by atoms with van der Waals surface area (Å²) in [5.74, 6) is 0. The molecule has 0 N–H and O–H groups in total. The highest BCUT2D eigenvalue weighted by Gasteiger charge is 2.13. The zero-order valence-corrected chi connectivity index (χ0v) is 13.7. The van der Waals surface area contributed by atoms with E-state index in [0.717, 1.165) is 12.7 Å². The van der Waals surface area contributed by atoms with Crippen LogP contribution in [0.1, 0.15) is 0 Å². The minimum atomic E-state index is -1.07. The summed E-state index contributed by atoms with van der Waals surface area (Å²) in [5.41, 5.74) is 0.595. The van der Waals surface area contributed by atoms with E-state index in [1.165, 1.54) is 0 Å². The molecular formula is C11H16Cl2N4OSi. The Balaban J connectivity index is 2.05. The fourth-order valence-corrected chi connectivity index (χ4v) is 2.70. The third-order valence-corrected chi connectivity index (χ3v) is 4.79. The Kier molecular flexibility index (Phi) is 4.45. The first kappa shape index (κ1) is 14.7. The maximum atomic E-state index is 5.97. The third-order valence-electron chi connectivity index (χ3n) is 2.63. The maximum Gasteiger partial charge on any atom is 0.225 e. The second-order valence-corrected chi connectivity index (χ2v) is 11.8. The Bertz CT molecular complexity index is 582. The predicted molar refractivity (Wildman–Crippen MR) is 79.4 cm³/mol. The Labute approximate surface area is 122 Å². The summed E-state index contributed by atoms with van der Waals surface area (Å²) in [6.07, 6.45) is 1.62. The molecule has 0 aromatic carbocycles. The molecule has 0 aliphatic rings. The average molecular weight is 319 g/mol. The number of hydrogen-bond donors (Lipinski definition) is 0. The van der Waals surface area contributed by atoms with Gasteiger partial charge in [0, 0.05) is 14.7 Å². The number of aromatic nitrogens is 4. The van der Waals surface area contributed by atoms with E-state index in [1.807, 2.05) is 0 Å². The lowest BCUT2D eigenvalue weighted by molar-refractivity contribution is 0.0813. The monoisotopic (exact) mass is 318 g/mol. The largest absolute Gasteiger partial charge is 0.359 e. The minimum Gasteiger partial charge on any atom is -0.359 e. The Morgan fingerprint density at radius 3 is 2.68 bits per heavy atom. The molecule has 0 aliphatic heterocycles. The number of nitrogens with zero attached hydrogens (tertiary/aromatic N) is 4. The van der Waals surface area contributed by atoms with Crippen LogP contribution in [0.25, 0.3) is 11.0 Å². The van der Waals surface area contributed by atoms with Gasteiger partial charge in [0.2, 0.25) is 5.28 Å². The highest BCUT2D eigenvalue weighted by atomic mass is 35.5. The Morgan fingerprint density at radius 2 is 2.00 bits per heavy atom. The fraction of sp³-hybridized carbons (Fsp3) is 0.545. The molecule has 19 heavy (non-hydrogen) atoms. The minimum absolute atomic E-state index is 0.112. The molecule has 0 atom stereocenters. The van der Waals surface area contributed by atoms with Gasteiger partial charge in [-0.3, -0.25) is 0 Å². The van der Waals surface area contributed by atoms with Crippen LogP contribution in [-0.2, 0) is 11.5 Å².